The van der Waals surface area contributed by atoms with E-state index in [0.29, 0.717) is 5.75 Å². The van der Waals surface area contributed by atoms with Crippen molar-refractivity contribution in [1.82, 2.24) is 4.90 Å². The number of carbonyl (C=O) groups is 1. The van der Waals surface area contributed by atoms with Gasteiger partial charge in [-0.2, -0.15) is 0 Å². The number of fused-ring (bicyclic) bond motifs is 2. The second-order valence-electron chi connectivity index (χ2n) is 6.68. The van der Waals surface area contributed by atoms with Crippen LogP contribution in [0.4, 0.5) is 0 Å². The lowest BCUT2D eigenvalue weighted by atomic mass is 9.86. The van der Waals surface area contributed by atoms with Gasteiger partial charge in [0.1, 0.15) is 11.5 Å². The van der Waals surface area contributed by atoms with Crippen molar-refractivity contribution in [3.63, 3.8) is 0 Å². The summed E-state index contributed by atoms with van der Waals surface area (Å²) in [6, 6.07) is 13.2. The zero-order valence-electron chi connectivity index (χ0n) is 14.6. The smallest absolute Gasteiger partial charge is 0.335 e. The fraction of sp³-hybridized carbons (Fsp3) is 0.227. The molecule has 2 aromatic rings. The van der Waals surface area contributed by atoms with Crippen LogP contribution >= 0.6 is 0 Å². The Kier molecular flexibility index (Phi) is 4.35. The van der Waals surface area contributed by atoms with Crippen molar-refractivity contribution in [1.29, 1.82) is 0 Å². The maximum Gasteiger partial charge on any atom is 0.335 e. The van der Waals surface area contributed by atoms with Gasteiger partial charge in [-0.1, -0.05) is 29.8 Å². The number of ether oxygens (including phenoxy) is 1. The zero-order valence-corrected chi connectivity index (χ0v) is 14.6. The first-order valence-corrected chi connectivity index (χ1v) is 8.87. The molecule has 0 bridgehead atoms. The summed E-state index contributed by atoms with van der Waals surface area (Å²) < 4.78 is 6.03. The number of benzene rings is 2. The predicted octanol–water partition coefficient (Wildman–Crippen LogP) is 4.57. The highest BCUT2D eigenvalue weighted by molar-refractivity contribution is 5.93. The van der Waals surface area contributed by atoms with E-state index in [0.717, 1.165) is 49.4 Å². The van der Waals surface area contributed by atoms with Gasteiger partial charge in [-0.3, -0.25) is 4.90 Å². The molecule has 0 radical (unpaired) electrons. The highest BCUT2D eigenvalue weighted by Gasteiger charge is 2.27. The minimum absolute atomic E-state index is 0.244. The minimum atomic E-state index is -0.942. The Labute approximate surface area is 153 Å². The summed E-state index contributed by atoms with van der Waals surface area (Å²) in [6.07, 6.45) is 3.94. The lowest BCUT2D eigenvalue weighted by molar-refractivity contribution is 0.0696. The van der Waals surface area contributed by atoms with E-state index < -0.39 is 5.97 Å². The van der Waals surface area contributed by atoms with Crippen LogP contribution in [-0.2, 0) is 0 Å². The Bertz CT molecular complexity index is 903. The summed E-state index contributed by atoms with van der Waals surface area (Å²) in [7, 11) is 0. The summed E-state index contributed by atoms with van der Waals surface area (Å²) in [6.45, 7) is 6.77. The average molecular weight is 347 g/mol. The van der Waals surface area contributed by atoms with Crippen LogP contribution in [0.2, 0.25) is 0 Å². The molecule has 4 nitrogen and oxygen atoms in total. The molecule has 0 amide bonds. The van der Waals surface area contributed by atoms with Gasteiger partial charge in [0.25, 0.3) is 0 Å². The predicted molar refractivity (Wildman–Crippen MR) is 102 cm³/mol. The minimum Gasteiger partial charge on any atom is -0.478 e. The summed E-state index contributed by atoms with van der Waals surface area (Å²) in [5.74, 6) is 0.473. The Morgan fingerprint density at radius 1 is 1.12 bits per heavy atom. The van der Waals surface area contributed by atoms with E-state index in [-0.39, 0.29) is 5.56 Å². The van der Waals surface area contributed by atoms with E-state index in [1.807, 2.05) is 30.3 Å². The molecule has 0 aliphatic carbocycles. The fourth-order valence-electron chi connectivity index (χ4n) is 3.79. The molecule has 1 fully saturated rings. The van der Waals surface area contributed by atoms with Crippen LogP contribution in [0.3, 0.4) is 0 Å². The molecular formula is C22H21NO3. The van der Waals surface area contributed by atoms with Crippen molar-refractivity contribution < 1.29 is 14.6 Å². The average Bonchev–Trinajstić information content (AvgIpc) is 2.66. The largest absolute Gasteiger partial charge is 0.478 e. The van der Waals surface area contributed by atoms with Gasteiger partial charge in [0.05, 0.1) is 5.56 Å². The first kappa shape index (κ1) is 16.6. The van der Waals surface area contributed by atoms with Crippen LogP contribution in [0.25, 0.3) is 5.57 Å². The second kappa shape index (κ2) is 6.81. The number of carboxylic acids is 1. The first-order chi connectivity index (χ1) is 12.7. The van der Waals surface area contributed by atoms with Crippen molar-refractivity contribution in [3.05, 3.63) is 77.4 Å². The number of para-hydroxylation sites is 1. The van der Waals surface area contributed by atoms with E-state index in [1.54, 1.807) is 12.1 Å². The van der Waals surface area contributed by atoms with Gasteiger partial charge < -0.3 is 9.84 Å². The third kappa shape index (κ3) is 2.93. The molecule has 2 aliphatic heterocycles. The van der Waals surface area contributed by atoms with Gasteiger partial charge in [0.15, 0.2) is 0 Å². The van der Waals surface area contributed by atoms with Crippen LogP contribution in [0.5, 0.6) is 11.5 Å². The highest BCUT2D eigenvalue weighted by Crippen LogP contribution is 2.46. The summed E-state index contributed by atoms with van der Waals surface area (Å²) in [4.78, 5) is 13.7. The number of carboxylic acid groups (broad SMARTS) is 1. The van der Waals surface area contributed by atoms with E-state index in [1.165, 1.54) is 11.1 Å². The van der Waals surface area contributed by atoms with Crippen LogP contribution in [0.15, 0.2) is 60.7 Å². The second-order valence-corrected chi connectivity index (χ2v) is 6.68. The quantitative estimate of drug-likeness (QED) is 0.705. The molecule has 2 heterocycles. The van der Waals surface area contributed by atoms with E-state index in [4.69, 9.17) is 4.74 Å². The van der Waals surface area contributed by atoms with Gasteiger partial charge in [-0.05, 0) is 42.7 Å². The Balaban J connectivity index is 1.81. The molecule has 132 valence electrons. The van der Waals surface area contributed by atoms with Crippen molar-refractivity contribution in [2.75, 3.05) is 19.6 Å². The number of rotatable bonds is 3. The summed E-state index contributed by atoms with van der Waals surface area (Å²) in [5, 5.41) is 9.29. The molecule has 2 aromatic carbocycles. The number of piperidine rings is 1. The number of hydrogen-bond donors (Lipinski definition) is 1. The Morgan fingerprint density at radius 2 is 1.85 bits per heavy atom. The molecule has 4 rings (SSSR count). The van der Waals surface area contributed by atoms with Crippen LogP contribution in [0.1, 0.15) is 34.3 Å². The molecule has 26 heavy (non-hydrogen) atoms. The molecule has 1 saturated heterocycles. The number of hydrogen-bond acceptors (Lipinski definition) is 3. The van der Waals surface area contributed by atoms with Crippen molar-refractivity contribution >= 4 is 11.5 Å². The van der Waals surface area contributed by atoms with E-state index in [2.05, 4.69) is 17.5 Å². The normalized spacial score (nSPS) is 16.5. The number of nitrogens with zero attached hydrogens (tertiary/aromatic N) is 1. The molecule has 0 atom stereocenters. The van der Waals surface area contributed by atoms with Crippen LogP contribution in [-0.4, -0.2) is 35.6 Å². The molecule has 4 heteroatoms. The third-order valence-corrected chi connectivity index (χ3v) is 5.07. The standard InChI is InChI=1S/C22H21NO3/c1-2-11-23-12-9-15(10-13-23)21-17-5-3-4-6-19(17)26-20-14-16(22(24)25)7-8-18(20)21/h2-8,14H,1,9-13H2,(H,24,25). The van der Waals surface area contributed by atoms with Gasteiger partial charge in [-0.15, -0.1) is 6.58 Å². The molecular weight excluding hydrogens is 326 g/mol. The molecule has 0 spiro atoms. The number of aromatic carboxylic acids is 1. The third-order valence-electron chi connectivity index (χ3n) is 5.07. The first-order valence-electron chi connectivity index (χ1n) is 8.87. The highest BCUT2D eigenvalue weighted by atomic mass is 16.5. The Hall–Kier alpha value is -2.85. The van der Waals surface area contributed by atoms with Crippen LogP contribution in [0, 0.1) is 0 Å². The molecule has 2 aliphatic rings. The molecule has 1 N–H and O–H groups in total. The maximum absolute atomic E-state index is 11.3. The lowest BCUT2D eigenvalue weighted by Crippen LogP contribution is -2.31. The van der Waals surface area contributed by atoms with E-state index >= 15 is 0 Å². The van der Waals surface area contributed by atoms with Crippen molar-refractivity contribution in [2.24, 2.45) is 0 Å². The van der Waals surface area contributed by atoms with Crippen molar-refractivity contribution in [3.8, 4) is 11.5 Å². The van der Waals surface area contributed by atoms with Gasteiger partial charge >= 0.3 is 5.97 Å². The zero-order chi connectivity index (χ0) is 18.1. The SMILES string of the molecule is C=CCN1CCC(=C2c3ccccc3Oc3cc(C(=O)O)ccc32)CC1. The van der Waals surface area contributed by atoms with Gasteiger partial charge in [0, 0.05) is 30.8 Å². The molecule has 0 saturated carbocycles. The van der Waals surface area contributed by atoms with Crippen molar-refractivity contribution in [2.45, 2.75) is 12.8 Å². The molecule has 0 aromatic heterocycles. The molecule has 0 unspecified atom stereocenters. The van der Waals surface area contributed by atoms with E-state index in [9.17, 15) is 9.90 Å². The lowest BCUT2D eigenvalue weighted by Gasteiger charge is -2.31. The Morgan fingerprint density at radius 3 is 2.58 bits per heavy atom. The topological polar surface area (TPSA) is 49.8 Å². The maximum atomic E-state index is 11.3. The van der Waals surface area contributed by atoms with Crippen LogP contribution < -0.4 is 4.74 Å². The van der Waals surface area contributed by atoms with Gasteiger partial charge in [-0.25, -0.2) is 4.79 Å². The summed E-state index contributed by atoms with van der Waals surface area (Å²) in [5.41, 5.74) is 4.94. The number of likely N-dealkylation sites (tertiary alicyclic amines) is 1. The fourth-order valence-corrected chi connectivity index (χ4v) is 3.79. The van der Waals surface area contributed by atoms with Gasteiger partial charge in [0.2, 0.25) is 0 Å². The summed E-state index contributed by atoms with van der Waals surface area (Å²) >= 11 is 0. The monoisotopic (exact) mass is 347 g/mol.